The summed E-state index contributed by atoms with van der Waals surface area (Å²) in [6.45, 7) is 10.7. The molecule has 8 rings (SSSR count). The first-order chi connectivity index (χ1) is 40.8. The van der Waals surface area contributed by atoms with Gasteiger partial charge in [0.25, 0.3) is 0 Å². The number of carboxylic acids is 1. The Labute approximate surface area is 504 Å². The number of anilines is 2. The number of aromatic nitrogens is 4. The van der Waals surface area contributed by atoms with E-state index in [1.54, 1.807) is 40.9 Å². The number of allylic oxidation sites excluding steroid dienone is 4. The van der Waals surface area contributed by atoms with Crippen molar-refractivity contribution in [1.82, 2.24) is 19.9 Å². The molecular weight excluding hydrogens is 1080 g/mol. The van der Waals surface area contributed by atoms with Crippen molar-refractivity contribution in [3.8, 4) is 34.3 Å². The van der Waals surface area contributed by atoms with Crippen molar-refractivity contribution < 1.29 is 34.0 Å². The van der Waals surface area contributed by atoms with E-state index in [1.165, 1.54) is 141 Å². The molecule has 2 aliphatic heterocycles. The maximum atomic E-state index is 12.5. The van der Waals surface area contributed by atoms with Gasteiger partial charge in [0, 0.05) is 50.1 Å². The second-order valence-electron chi connectivity index (χ2n) is 21.8. The van der Waals surface area contributed by atoms with E-state index in [0.717, 1.165) is 108 Å². The van der Waals surface area contributed by atoms with E-state index in [4.69, 9.17) is 34.3 Å². The molecule has 2 aliphatic rings. The summed E-state index contributed by atoms with van der Waals surface area (Å²) >= 11 is 3.32. The standard InChI is InChI=1S/C34H47N3O3S.C18H34O2.C16H15N3O2S/c1-2-3-4-5-6-7-8-9-10-11-12-13-14-15-16-20-31(38)40-29-19-17-18-28(27-29)33-35-30-21-26-41-32(30)34(36-33)37-22-24-39-25-23-37;1-2-3-4-5-6-7-8-9-10-11-12-13-14-15-16-17-18(19)20;20-12-3-1-2-11(10-12)15-17-13-4-9-22-14(13)16(18-15)19-5-7-21-8-6-19/h9-10,17-19,21,26-27H,2-8,11-16,20,22-25H2,1H3;9-10H,2-8,11-17H2,1H3,(H,19,20);1-4,9-10,20H,5-8H2/b2*10-9-;. The number of hydrogen-bond donors (Lipinski definition) is 2. The van der Waals surface area contributed by atoms with Gasteiger partial charge in [-0.05, 0) is 111 Å². The minimum Gasteiger partial charge on any atom is -0.508 e. The molecule has 0 amide bonds. The van der Waals surface area contributed by atoms with Gasteiger partial charge in [-0.15, -0.1) is 22.7 Å². The second kappa shape index (κ2) is 40.5. The molecule has 15 heteroatoms. The summed E-state index contributed by atoms with van der Waals surface area (Å²) in [7, 11) is 0. The molecule has 6 aromatic rings. The third-order valence-corrected chi connectivity index (χ3v) is 16.7. The molecule has 0 radical (unpaired) electrons. The maximum absolute atomic E-state index is 12.5. The number of esters is 1. The van der Waals surface area contributed by atoms with Gasteiger partial charge in [-0.2, -0.15) is 0 Å². The number of morpholine rings is 2. The van der Waals surface area contributed by atoms with Crippen molar-refractivity contribution in [3.63, 3.8) is 0 Å². The van der Waals surface area contributed by atoms with Crippen molar-refractivity contribution in [2.24, 2.45) is 0 Å². The molecule has 6 heterocycles. The molecule has 0 unspecified atom stereocenters. The number of carbonyl (C=O) groups excluding carboxylic acids is 1. The third kappa shape index (κ3) is 25.6. The van der Waals surface area contributed by atoms with Crippen molar-refractivity contribution >= 4 is 66.7 Å². The molecule has 83 heavy (non-hydrogen) atoms. The monoisotopic (exact) mass is 1170 g/mol. The first-order valence-corrected chi connectivity index (χ1v) is 33.4. The highest BCUT2D eigenvalue weighted by Crippen LogP contribution is 2.34. The van der Waals surface area contributed by atoms with Gasteiger partial charge in [-0.3, -0.25) is 9.59 Å². The van der Waals surface area contributed by atoms with Crippen LogP contribution in [0.1, 0.15) is 194 Å². The summed E-state index contributed by atoms with van der Waals surface area (Å²) in [6.07, 6.45) is 42.5. The fraction of sp³-hybridized carbons (Fsp3) is 0.559. The van der Waals surface area contributed by atoms with Crippen LogP contribution in [0.25, 0.3) is 43.2 Å². The van der Waals surface area contributed by atoms with Crippen LogP contribution in [0, 0.1) is 0 Å². The number of unbranched alkanes of at least 4 members (excludes halogenated alkanes) is 22. The lowest BCUT2D eigenvalue weighted by Gasteiger charge is -2.28. The minimum atomic E-state index is -0.664. The highest BCUT2D eigenvalue weighted by molar-refractivity contribution is 7.18. The van der Waals surface area contributed by atoms with Gasteiger partial charge in [0.1, 0.15) is 11.5 Å². The molecule has 4 aromatic heterocycles. The molecule has 0 spiro atoms. The van der Waals surface area contributed by atoms with Crippen LogP contribution in [-0.2, 0) is 19.1 Å². The summed E-state index contributed by atoms with van der Waals surface area (Å²) in [4.78, 5) is 46.5. The molecule has 2 saturated heterocycles. The Morgan fingerprint density at radius 2 is 0.928 bits per heavy atom. The van der Waals surface area contributed by atoms with E-state index in [1.807, 2.05) is 47.8 Å². The molecule has 2 fully saturated rings. The Morgan fingerprint density at radius 1 is 0.518 bits per heavy atom. The lowest BCUT2D eigenvalue weighted by molar-refractivity contribution is -0.137. The number of nitrogens with zero attached hydrogens (tertiary/aromatic N) is 6. The Balaban J connectivity index is 0.000000221. The Bertz CT molecular complexity index is 2800. The van der Waals surface area contributed by atoms with Gasteiger partial charge in [0.15, 0.2) is 23.3 Å². The number of thiophene rings is 2. The normalized spacial score (nSPS) is 13.6. The lowest BCUT2D eigenvalue weighted by Crippen LogP contribution is -2.36. The van der Waals surface area contributed by atoms with Crippen LogP contribution in [0.3, 0.4) is 0 Å². The number of phenols is 1. The van der Waals surface area contributed by atoms with E-state index < -0.39 is 5.97 Å². The number of fused-ring (bicyclic) bond motifs is 2. The van der Waals surface area contributed by atoms with Gasteiger partial charge in [-0.1, -0.05) is 165 Å². The van der Waals surface area contributed by atoms with Crippen LogP contribution in [0.15, 0.2) is 95.7 Å². The predicted molar refractivity (Wildman–Crippen MR) is 346 cm³/mol. The zero-order valence-electron chi connectivity index (χ0n) is 50.1. The van der Waals surface area contributed by atoms with E-state index in [0.29, 0.717) is 43.5 Å². The van der Waals surface area contributed by atoms with Crippen LogP contribution < -0.4 is 14.5 Å². The average molecular weight is 1170 g/mol. The largest absolute Gasteiger partial charge is 0.508 e. The number of phenolic OH excluding ortho intramolecular Hbond substituents is 1. The lowest BCUT2D eigenvalue weighted by atomic mass is 10.1. The number of rotatable bonds is 35. The number of ether oxygens (including phenoxy) is 3. The minimum absolute atomic E-state index is 0.178. The number of benzene rings is 2. The van der Waals surface area contributed by atoms with Crippen molar-refractivity contribution in [2.45, 2.75) is 194 Å². The van der Waals surface area contributed by atoms with Crippen LogP contribution in [0.5, 0.6) is 11.5 Å². The van der Waals surface area contributed by atoms with Crippen LogP contribution >= 0.6 is 22.7 Å². The molecule has 0 saturated carbocycles. The quantitative estimate of drug-likeness (QED) is 0.0168. The number of carboxylic acid groups (broad SMARTS) is 1. The fourth-order valence-corrected chi connectivity index (χ4v) is 11.8. The molecule has 0 aliphatic carbocycles. The molecule has 2 aromatic carbocycles. The second-order valence-corrected chi connectivity index (χ2v) is 23.7. The topological polar surface area (TPSA) is 160 Å². The molecule has 452 valence electrons. The first-order valence-electron chi connectivity index (χ1n) is 31.6. The molecule has 0 atom stereocenters. The zero-order valence-corrected chi connectivity index (χ0v) is 51.8. The van der Waals surface area contributed by atoms with Gasteiger partial charge in [-0.25, -0.2) is 19.9 Å². The van der Waals surface area contributed by atoms with Gasteiger partial charge >= 0.3 is 11.9 Å². The van der Waals surface area contributed by atoms with E-state index >= 15 is 0 Å². The smallest absolute Gasteiger partial charge is 0.311 e. The summed E-state index contributed by atoms with van der Waals surface area (Å²) < 4.78 is 18.8. The molecular formula is C68H96N6O7S2. The fourth-order valence-electron chi connectivity index (χ4n) is 10.1. The van der Waals surface area contributed by atoms with Gasteiger partial charge in [0.05, 0.1) is 46.9 Å². The highest BCUT2D eigenvalue weighted by atomic mass is 32.1. The van der Waals surface area contributed by atoms with E-state index in [9.17, 15) is 14.7 Å². The average Bonchev–Trinajstić information content (AvgIpc) is 4.19. The maximum Gasteiger partial charge on any atom is 0.311 e. The number of aliphatic carboxylic acids is 1. The number of aromatic hydroxyl groups is 1. The number of hydrogen-bond acceptors (Lipinski definition) is 14. The van der Waals surface area contributed by atoms with Crippen molar-refractivity contribution in [2.75, 3.05) is 62.4 Å². The van der Waals surface area contributed by atoms with Gasteiger partial charge < -0.3 is 34.2 Å². The highest BCUT2D eigenvalue weighted by Gasteiger charge is 2.21. The summed E-state index contributed by atoms with van der Waals surface area (Å²) in [5, 5.41) is 22.3. The predicted octanol–water partition coefficient (Wildman–Crippen LogP) is 18.1. The van der Waals surface area contributed by atoms with Gasteiger partial charge in [0.2, 0.25) is 0 Å². The number of carbonyl (C=O) groups is 2. The third-order valence-electron chi connectivity index (χ3n) is 14.9. The summed E-state index contributed by atoms with van der Waals surface area (Å²) in [5.41, 5.74) is 3.55. The Morgan fingerprint density at radius 3 is 1.37 bits per heavy atom. The summed E-state index contributed by atoms with van der Waals surface area (Å²) in [6, 6.07) is 18.7. The van der Waals surface area contributed by atoms with Crippen LogP contribution in [-0.4, -0.2) is 94.7 Å². The Kier molecular flexibility index (Phi) is 32.4. The first kappa shape index (κ1) is 66.4. The van der Waals surface area contributed by atoms with Crippen molar-refractivity contribution in [1.29, 1.82) is 0 Å². The molecule has 2 N–H and O–H groups in total. The molecule has 0 bridgehead atoms. The SMILES string of the molecule is CCCCCCCC/C=C\CCCCCCCC(=O)O.CCCCCCCC/C=C\CCCCCCCC(=O)Oc1cccc(-c2nc(N3CCOCC3)c3sccc3n2)c1.Oc1cccc(-c2nc(N3CCOCC3)c3sccc3n2)c1. The van der Waals surface area contributed by atoms with Crippen LogP contribution in [0.2, 0.25) is 0 Å². The zero-order chi connectivity index (χ0) is 58.4. The van der Waals surface area contributed by atoms with Crippen LogP contribution in [0.4, 0.5) is 11.6 Å². The molecule has 13 nitrogen and oxygen atoms in total. The van der Waals surface area contributed by atoms with E-state index in [-0.39, 0.29) is 11.7 Å². The Hall–Kier alpha value is -5.74. The summed E-state index contributed by atoms with van der Waals surface area (Å²) in [5.74, 6) is 3.12. The van der Waals surface area contributed by atoms with E-state index in [2.05, 4.69) is 58.3 Å². The van der Waals surface area contributed by atoms with Crippen molar-refractivity contribution in [3.05, 3.63) is 95.7 Å².